The van der Waals surface area contributed by atoms with Crippen LogP contribution in [0.3, 0.4) is 0 Å². The SMILES string of the molecule is NCCCCCNC(=O)COc1cccc2c1C(=O)N(C1CCC(=O)NC1=O)C2=O.O=C(O)C(F)(F)F. The minimum absolute atomic E-state index is 0.0166. The van der Waals surface area contributed by atoms with Crippen LogP contribution in [0.1, 0.15) is 52.8 Å². The third-order valence-corrected chi connectivity index (χ3v) is 5.23. The Morgan fingerprint density at radius 2 is 1.81 bits per heavy atom. The molecular weight excluding hydrogens is 505 g/mol. The molecule has 1 aromatic rings. The molecule has 0 saturated carbocycles. The van der Waals surface area contributed by atoms with Crippen LogP contribution < -0.4 is 21.1 Å². The number of hydrogen-bond donors (Lipinski definition) is 4. The topological polar surface area (TPSA) is 185 Å². The fraction of sp³-hybridized carbons (Fsp3) is 0.455. The van der Waals surface area contributed by atoms with Gasteiger partial charge in [0, 0.05) is 13.0 Å². The van der Waals surface area contributed by atoms with Crippen LogP contribution >= 0.6 is 0 Å². The van der Waals surface area contributed by atoms with Gasteiger partial charge in [0.2, 0.25) is 11.8 Å². The van der Waals surface area contributed by atoms with Crippen molar-refractivity contribution in [1.82, 2.24) is 15.5 Å². The monoisotopic (exact) mass is 530 g/mol. The zero-order valence-electron chi connectivity index (χ0n) is 19.4. The number of ether oxygens (including phenoxy) is 1. The summed E-state index contributed by atoms with van der Waals surface area (Å²) < 4.78 is 37.2. The summed E-state index contributed by atoms with van der Waals surface area (Å²) in [7, 11) is 0. The van der Waals surface area contributed by atoms with E-state index in [-0.39, 0.29) is 42.2 Å². The van der Waals surface area contributed by atoms with Crippen LogP contribution in [0, 0.1) is 0 Å². The molecule has 5 amide bonds. The summed E-state index contributed by atoms with van der Waals surface area (Å²) in [5, 5.41) is 12.0. The Kier molecular flexibility index (Phi) is 10.1. The van der Waals surface area contributed by atoms with E-state index in [0.717, 1.165) is 24.2 Å². The van der Waals surface area contributed by atoms with E-state index in [2.05, 4.69) is 10.6 Å². The Bertz CT molecular complexity index is 1080. The normalized spacial score (nSPS) is 17.0. The van der Waals surface area contributed by atoms with Crippen molar-refractivity contribution in [2.45, 2.75) is 44.3 Å². The van der Waals surface area contributed by atoms with Crippen LogP contribution in [-0.2, 0) is 19.2 Å². The first-order valence-corrected chi connectivity index (χ1v) is 11.1. The number of nitrogens with zero attached hydrogens (tertiary/aromatic N) is 1. The highest BCUT2D eigenvalue weighted by Crippen LogP contribution is 2.33. The van der Waals surface area contributed by atoms with Gasteiger partial charge in [-0.2, -0.15) is 13.2 Å². The number of unbranched alkanes of at least 4 members (excludes halogenated alkanes) is 2. The van der Waals surface area contributed by atoms with E-state index in [1.54, 1.807) is 0 Å². The maximum Gasteiger partial charge on any atom is 0.490 e. The number of alkyl halides is 3. The summed E-state index contributed by atoms with van der Waals surface area (Å²) in [5.74, 6) is -5.43. The molecule has 5 N–H and O–H groups in total. The lowest BCUT2D eigenvalue weighted by Crippen LogP contribution is -2.54. The molecule has 0 spiro atoms. The van der Waals surface area contributed by atoms with Crippen LogP contribution in [-0.4, -0.2) is 77.4 Å². The number of imide groups is 2. The first kappa shape index (κ1) is 29.2. The van der Waals surface area contributed by atoms with E-state index < -0.39 is 41.8 Å². The molecule has 1 atom stereocenters. The van der Waals surface area contributed by atoms with Gasteiger partial charge < -0.3 is 20.9 Å². The van der Waals surface area contributed by atoms with Gasteiger partial charge in [-0.15, -0.1) is 0 Å². The molecule has 1 fully saturated rings. The number of piperidine rings is 1. The maximum atomic E-state index is 12.9. The van der Waals surface area contributed by atoms with Gasteiger partial charge in [0.05, 0.1) is 11.1 Å². The lowest BCUT2D eigenvalue weighted by molar-refractivity contribution is -0.192. The number of fused-ring (bicyclic) bond motifs is 1. The first-order valence-electron chi connectivity index (χ1n) is 11.1. The summed E-state index contributed by atoms with van der Waals surface area (Å²) in [6.07, 6.45) is -2.37. The number of nitrogens with two attached hydrogens (primary N) is 1. The third kappa shape index (κ3) is 7.73. The van der Waals surface area contributed by atoms with Crippen molar-refractivity contribution in [2.75, 3.05) is 19.7 Å². The number of aliphatic carboxylic acids is 1. The van der Waals surface area contributed by atoms with Crippen LogP contribution in [0.4, 0.5) is 13.2 Å². The molecule has 0 aliphatic carbocycles. The number of carboxylic acids is 1. The minimum atomic E-state index is -5.08. The molecule has 12 nitrogen and oxygen atoms in total. The van der Waals surface area contributed by atoms with E-state index in [0.29, 0.717) is 13.1 Å². The second-order valence-electron chi connectivity index (χ2n) is 7.92. The molecule has 0 radical (unpaired) electrons. The maximum absolute atomic E-state index is 12.9. The Labute approximate surface area is 208 Å². The number of carboxylic acid groups (broad SMARTS) is 1. The van der Waals surface area contributed by atoms with Gasteiger partial charge in [-0.1, -0.05) is 12.5 Å². The van der Waals surface area contributed by atoms with Gasteiger partial charge in [0.1, 0.15) is 11.8 Å². The molecule has 1 aromatic carbocycles. The molecule has 0 bridgehead atoms. The van der Waals surface area contributed by atoms with Crippen molar-refractivity contribution in [3.8, 4) is 5.75 Å². The zero-order chi connectivity index (χ0) is 27.8. The second kappa shape index (κ2) is 12.8. The predicted molar refractivity (Wildman–Crippen MR) is 118 cm³/mol. The molecule has 37 heavy (non-hydrogen) atoms. The van der Waals surface area contributed by atoms with Crippen molar-refractivity contribution >= 4 is 35.5 Å². The molecule has 2 aliphatic rings. The van der Waals surface area contributed by atoms with Crippen molar-refractivity contribution in [1.29, 1.82) is 0 Å². The van der Waals surface area contributed by atoms with Crippen molar-refractivity contribution in [2.24, 2.45) is 5.73 Å². The molecule has 3 rings (SSSR count). The van der Waals surface area contributed by atoms with Crippen LogP contribution in [0.15, 0.2) is 18.2 Å². The smallest absolute Gasteiger partial charge is 0.483 e. The Morgan fingerprint density at radius 1 is 1.14 bits per heavy atom. The van der Waals surface area contributed by atoms with Crippen molar-refractivity contribution in [3.63, 3.8) is 0 Å². The number of nitrogens with one attached hydrogen (secondary N) is 2. The standard InChI is InChI=1S/C20H24N4O6.C2HF3O2/c21-9-2-1-3-10-22-16(26)11-30-14-6-4-5-12-17(14)20(29)24(19(12)28)13-7-8-15(25)23-18(13)27;3-2(4,5)1(6)7/h4-6,13H,1-3,7-11,21H2,(H,22,26)(H,23,25,27);(H,6,7). The Balaban J connectivity index is 0.000000604. The summed E-state index contributed by atoms with van der Waals surface area (Å²) in [6.45, 7) is 0.793. The molecule has 202 valence electrons. The molecule has 2 aliphatic heterocycles. The number of benzene rings is 1. The molecule has 2 heterocycles. The zero-order valence-corrected chi connectivity index (χ0v) is 19.4. The van der Waals surface area contributed by atoms with Crippen LogP contribution in [0.25, 0.3) is 0 Å². The number of amides is 5. The highest BCUT2D eigenvalue weighted by Gasteiger charge is 2.46. The highest BCUT2D eigenvalue weighted by atomic mass is 19.4. The summed E-state index contributed by atoms with van der Waals surface area (Å²) in [5.41, 5.74) is 5.54. The average Bonchev–Trinajstić information content (AvgIpc) is 3.08. The Morgan fingerprint density at radius 3 is 2.41 bits per heavy atom. The molecule has 1 saturated heterocycles. The van der Waals surface area contributed by atoms with Crippen LogP contribution in [0.5, 0.6) is 5.75 Å². The van der Waals surface area contributed by atoms with E-state index in [1.165, 1.54) is 18.2 Å². The number of carbonyl (C=O) groups excluding carboxylic acids is 5. The van der Waals surface area contributed by atoms with E-state index in [1.807, 2.05) is 0 Å². The molecule has 0 aromatic heterocycles. The largest absolute Gasteiger partial charge is 0.490 e. The van der Waals surface area contributed by atoms with Gasteiger partial charge in [0.15, 0.2) is 6.61 Å². The van der Waals surface area contributed by atoms with Gasteiger partial charge in [0.25, 0.3) is 17.7 Å². The first-order chi connectivity index (χ1) is 17.4. The number of rotatable bonds is 9. The summed E-state index contributed by atoms with van der Waals surface area (Å²) in [6, 6.07) is 3.44. The minimum Gasteiger partial charge on any atom is -0.483 e. The summed E-state index contributed by atoms with van der Waals surface area (Å²) in [4.78, 5) is 70.9. The van der Waals surface area contributed by atoms with Crippen LogP contribution in [0.2, 0.25) is 0 Å². The van der Waals surface area contributed by atoms with Gasteiger partial charge in [-0.05, 0) is 37.9 Å². The van der Waals surface area contributed by atoms with E-state index >= 15 is 0 Å². The van der Waals surface area contributed by atoms with Gasteiger partial charge in [-0.3, -0.25) is 34.2 Å². The van der Waals surface area contributed by atoms with E-state index in [4.69, 9.17) is 20.4 Å². The third-order valence-electron chi connectivity index (χ3n) is 5.23. The Hall–Kier alpha value is -4.01. The quantitative estimate of drug-likeness (QED) is 0.258. The predicted octanol–water partition coefficient (Wildman–Crippen LogP) is 0.345. The fourth-order valence-corrected chi connectivity index (χ4v) is 3.47. The average molecular weight is 530 g/mol. The second-order valence-corrected chi connectivity index (χ2v) is 7.92. The van der Waals surface area contributed by atoms with Gasteiger partial charge >= 0.3 is 12.1 Å². The van der Waals surface area contributed by atoms with E-state index in [9.17, 15) is 37.1 Å². The summed E-state index contributed by atoms with van der Waals surface area (Å²) >= 11 is 0. The molecular formula is C22H25F3N4O8. The number of halogens is 3. The van der Waals surface area contributed by atoms with Crippen molar-refractivity contribution < 1.29 is 51.8 Å². The van der Waals surface area contributed by atoms with Gasteiger partial charge in [-0.25, -0.2) is 4.79 Å². The fourth-order valence-electron chi connectivity index (χ4n) is 3.47. The lowest BCUT2D eigenvalue weighted by Gasteiger charge is -2.27. The molecule has 1 unspecified atom stereocenters. The highest BCUT2D eigenvalue weighted by molar-refractivity contribution is 6.24. The van der Waals surface area contributed by atoms with Crippen molar-refractivity contribution in [3.05, 3.63) is 29.3 Å². The number of carbonyl (C=O) groups is 6. The number of hydrogen-bond acceptors (Lipinski definition) is 8. The lowest BCUT2D eigenvalue weighted by atomic mass is 10.0. The molecule has 15 heteroatoms.